The average molecular weight is 268 g/mol. The van der Waals surface area contributed by atoms with Crippen LogP contribution in [0, 0.1) is 5.92 Å². The Morgan fingerprint density at radius 2 is 2.33 bits per heavy atom. The molecule has 0 atom stereocenters. The van der Waals surface area contributed by atoms with Crippen molar-refractivity contribution in [3.05, 3.63) is 22.4 Å². The summed E-state index contributed by atoms with van der Waals surface area (Å²) in [5.41, 5.74) is 0. The van der Waals surface area contributed by atoms with Gasteiger partial charge in [-0.05, 0) is 23.8 Å². The summed E-state index contributed by atoms with van der Waals surface area (Å²) >= 11 is 1.40. The Morgan fingerprint density at radius 3 is 2.89 bits per heavy atom. The smallest absolute Gasteiger partial charge is 0.291 e. The number of thiophene rings is 1. The number of nitrogens with one attached hydrogen (secondary N) is 1. The molecule has 1 aromatic heterocycles. The third-order valence-electron chi connectivity index (χ3n) is 2.00. The molecule has 0 aliphatic carbocycles. The lowest BCUT2D eigenvalue weighted by Crippen LogP contribution is -2.33. The van der Waals surface area contributed by atoms with Crippen LogP contribution in [0.5, 0.6) is 0 Å². The van der Waals surface area contributed by atoms with Crippen molar-refractivity contribution in [2.24, 2.45) is 10.9 Å². The summed E-state index contributed by atoms with van der Waals surface area (Å²) in [5, 5.41) is 4.58. The molecule has 1 rings (SSSR count). The van der Waals surface area contributed by atoms with Gasteiger partial charge in [0.25, 0.3) is 11.9 Å². The van der Waals surface area contributed by atoms with Gasteiger partial charge in [0.15, 0.2) is 0 Å². The number of hydrogen-bond acceptors (Lipinski definition) is 4. The molecule has 0 aliphatic heterocycles. The Kier molecular flexibility index (Phi) is 6.43. The number of hydrogen-bond donors (Lipinski definition) is 1. The van der Waals surface area contributed by atoms with E-state index in [2.05, 4.69) is 24.2 Å². The number of carbonyl (C=O) groups is 1. The van der Waals surface area contributed by atoms with E-state index < -0.39 is 0 Å². The van der Waals surface area contributed by atoms with E-state index >= 15 is 0 Å². The van der Waals surface area contributed by atoms with Gasteiger partial charge in [0.05, 0.1) is 11.5 Å². The predicted octanol–water partition coefficient (Wildman–Crippen LogP) is 2.92. The summed E-state index contributed by atoms with van der Waals surface area (Å²) in [6.07, 6.45) is 0.920. The molecule has 5 heteroatoms. The Hall–Kier alpha value is -1.36. The van der Waals surface area contributed by atoms with Crippen molar-refractivity contribution in [2.75, 3.05) is 13.2 Å². The maximum Gasteiger partial charge on any atom is 0.291 e. The molecule has 0 unspecified atom stereocenters. The van der Waals surface area contributed by atoms with Gasteiger partial charge in [-0.25, -0.2) is 4.99 Å². The second-order valence-corrected chi connectivity index (χ2v) is 5.27. The van der Waals surface area contributed by atoms with E-state index in [-0.39, 0.29) is 5.91 Å². The number of aliphatic imine (C=N–C) groups is 1. The van der Waals surface area contributed by atoms with Crippen LogP contribution in [0.25, 0.3) is 0 Å². The molecule has 4 nitrogen and oxygen atoms in total. The molecule has 0 aliphatic rings. The minimum absolute atomic E-state index is 0.163. The molecule has 1 heterocycles. The van der Waals surface area contributed by atoms with Crippen molar-refractivity contribution in [3.8, 4) is 0 Å². The lowest BCUT2D eigenvalue weighted by Gasteiger charge is -2.11. The minimum atomic E-state index is -0.163. The minimum Gasteiger partial charge on any atom is -0.465 e. The van der Waals surface area contributed by atoms with Crippen molar-refractivity contribution >= 4 is 23.3 Å². The first-order valence-electron chi connectivity index (χ1n) is 6.15. The lowest BCUT2D eigenvalue weighted by atomic mass is 10.2. The maximum absolute atomic E-state index is 11.9. The zero-order valence-electron chi connectivity index (χ0n) is 11.1. The fraction of sp³-hybridized carbons (Fsp3) is 0.538. The van der Waals surface area contributed by atoms with Gasteiger partial charge in [-0.1, -0.05) is 26.8 Å². The molecule has 1 N–H and O–H groups in total. The van der Waals surface area contributed by atoms with E-state index in [4.69, 9.17) is 4.74 Å². The van der Waals surface area contributed by atoms with Crippen molar-refractivity contribution in [2.45, 2.75) is 27.2 Å². The fourth-order valence-corrected chi connectivity index (χ4v) is 1.77. The molecule has 0 radical (unpaired) electrons. The second-order valence-electron chi connectivity index (χ2n) is 4.32. The van der Waals surface area contributed by atoms with Gasteiger partial charge >= 0.3 is 0 Å². The van der Waals surface area contributed by atoms with E-state index in [9.17, 15) is 4.79 Å². The first-order valence-corrected chi connectivity index (χ1v) is 7.03. The number of amides is 1. The summed E-state index contributed by atoms with van der Waals surface area (Å²) in [6, 6.07) is 3.95. The number of ether oxygens (including phenoxy) is 1. The van der Waals surface area contributed by atoms with Gasteiger partial charge in [0.2, 0.25) is 0 Å². The second kappa shape index (κ2) is 7.87. The zero-order valence-corrected chi connectivity index (χ0v) is 11.9. The highest BCUT2D eigenvalue weighted by Gasteiger charge is 2.11. The Morgan fingerprint density at radius 1 is 1.56 bits per heavy atom. The van der Waals surface area contributed by atoms with Crippen LogP contribution in [0.4, 0.5) is 0 Å². The monoisotopic (exact) mass is 268 g/mol. The number of nitrogens with zero attached hydrogens (tertiary/aromatic N) is 1. The number of rotatable bonds is 5. The molecule has 0 fully saturated rings. The van der Waals surface area contributed by atoms with Gasteiger partial charge in [-0.2, -0.15) is 0 Å². The van der Waals surface area contributed by atoms with E-state index in [1.54, 1.807) is 6.07 Å². The topological polar surface area (TPSA) is 50.7 Å². The normalized spacial score (nSPS) is 11.7. The Labute approximate surface area is 112 Å². The summed E-state index contributed by atoms with van der Waals surface area (Å²) in [7, 11) is 0. The van der Waals surface area contributed by atoms with Crippen LogP contribution in [-0.4, -0.2) is 25.1 Å². The summed E-state index contributed by atoms with van der Waals surface area (Å²) in [5.74, 6) is 0.235. The number of carbonyl (C=O) groups excluding carboxylic acids is 1. The molecule has 0 aromatic carbocycles. The van der Waals surface area contributed by atoms with E-state index in [0.717, 1.165) is 6.42 Å². The molecular formula is C13H20N2O2S. The lowest BCUT2D eigenvalue weighted by molar-refractivity contribution is 0.0967. The van der Waals surface area contributed by atoms with Crippen LogP contribution in [0.2, 0.25) is 0 Å². The zero-order chi connectivity index (χ0) is 13.4. The molecule has 18 heavy (non-hydrogen) atoms. The Balaban J connectivity index is 2.57. The fourth-order valence-electron chi connectivity index (χ4n) is 1.15. The van der Waals surface area contributed by atoms with E-state index in [0.29, 0.717) is 30.0 Å². The van der Waals surface area contributed by atoms with Crippen LogP contribution in [0.15, 0.2) is 22.5 Å². The highest BCUT2D eigenvalue weighted by atomic mass is 32.1. The first kappa shape index (κ1) is 14.7. The van der Waals surface area contributed by atoms with E-state index in [1.807, 2.05) is 18.4 Å². The highest BCUT2D eigenvalue weighted by Crippen LogP contribution is 2.07. The van der Waals surface area contributed by atoms with Crippen LogP contribution >= 0.6 is 11.3 Å². The van der Waals surface area contributed by atoms with Crippen LogP contribution < -0.4 is 5.32 Å². The average Bonchev–Trinajstić information content (AvgIpc) is 2.86. The predicted molar refractivity (Wildman–Crippen MR) is 75.2 cm³/mol. The Bertz CT molecular complexity index is 386. The molecule has 0 saturated carbocycles. The molecule has 1 amide bonds. The standard InChI is InChI=1S/C13H20N2O2S/c1-4-7-14-13(17-9-10(2)3)15-12(16)11-6-5-8-18-11/h5-6,8,10H,4,7,9H2,1-3H3,(H,14,15,16). The third-order valence-corrected chi connectivity index (χ3v) is 2.87. The molecule has 0 spiro atoms. The molecule has 100 valence electrons. The third kappa shape index (κ3) is 5.31. The first-order chi connectivity index (χ1) is 8.63. The van der Waals surface area contributed by atoms with Gasteiger partial charge in [0, 0.05) is 6.54 Å². The van der Waals surface area contributed by atoms with Gasteiger partial charge < -0.3 is 4.74 Å². The summed E-state index contributed by atoms with van der Waals surface area (Å²) in [6.45, 7) is 7.34. The van der Waals surface area contributed by atoms with Crippen molar-refractivity contribution in [1.82, 2.24) is 5.32 Å². The molecular weight excluding hydrogens is 248 g/mol. The number of amidine groups is 1. The summed E-state index contributed by atoms with van der Waals surface area (Å²) < 4.78 is 5.50. The quantitative estimate of drug-likeness (QED) is 0.659. The van der Waals surface area contributed by atoms with Crippen LogP contribution in [0.1, 0.15) is 36.9 Å². The highest BCUT2D eigenvalue weighted by molar-refractivity contribution is 7.12. The van der Waals surface area contributed by atoms with Gasteiger partial charge in [-0.15, -0.1) is 11.3 Å². The van der Waals surface area contributed by atoms with Crippen molar-refractivity contribution in [1.29, 1.82) is 0 Å². The maximum atomic E-state index is 11.9. The molecule has 0 bridgehead atoms. The van der Waals surface area contributed by atoms with Crippen LogP contribution in [-0.2, 0) is 4.74 Å². The SMILES string of the molecule is CCCN=C(NC(=O)c1cccs1)OCC(C)C. The van der Waals surface area contributed by atoms with Gasteiger partial charge in [0.1, 0.15) is 0 Å². The summed E-state index contributed by atoms with van der Waals surface area (Å²) in [4.78, 5) is 16.8. The van der Waals surface area contributed by atoms with Gasteiger partial charge in [-0.3, -0.25) is 10.1 Å². The van der Waals surface area contributed by atoms with Crippen molar-refractivity contribution < 1.29 is 9.53 Å². The largest absolute Gasteiger partial charge is 0.465 e. The van der Waals surface area contributed by atoms with Crippen LogP contribution in [0.3, 0.4) is 0 Å². The molecule has 0 saturated heterocycles. The van der Waals surface area contributed by atoms with E-state index in [1.165, 1.54) is 11.3 Å². The molecule has 1 aromatic rings. The van der Waals surface area contributed by atoms with Crippen molar-refractivity contribution in [3.63, 3.8) is 0 Å².